The van der Waals surface area contributed by atoms with Gasteiger partial charge in [0.15, 0.2) is 0 Å². The molecule has 0 aliphatic carbocycles. The zero-order chi connectivity index (χ0) is 5.15. The van der Waals surface area contributed by atoms with Gasteiger partial charge in [-0.05, 0) is 6.92 Å². The zero-order valence-electron chi connectivity index (χ0n) is 3.34. The number of carboxylic acids is 1. The molecule has 0 amide bonds. The topological polar surface area (TPSA) is 40.1 Å². The van der Waals surface area contributed by atoms with Gasteiger partial charge in [0.25, 0.3) is 0 Å². The fourth-order valence-corrected chi connectivity index (χ4v) is 0. The van der Waals surface area contributed by atoms with E-state index in [2.05, 4.69) is 12.6 Å². The highest BCUT2D eigenvalue weighted by atomic mass is 32.1. The summed E-state index contributed by atoms with van der Waals surface area (Å²) in [4.78, 5) is 9.51. The van der Waals surface area contributed by atoms with Crippen molar-refractivity contribution in [3.8, 4) is 0 Å². The Hall–Kier alpha value is -0.180. The monoisotopic (exact) mass is 105 g/mol. The largest absolute Gasteiger partial charge is 0.549 e. The van der Waals surface area contributed by atoms with Crippen LogP contribution < -0.4 is 5.11 Å². The first-order valence-corrected chi connectivity index (χ1v) is 2.05. The second-order valence-electron chi connectivity index (χ2n) is 0.995. The Morgan fingerprint density at radius 1 is 2.00 bits per heavy atom. The van der Waals surface area contributed by atoms with Crippen LogP contribution in [0.5, 0.6) is 0 Å². The van der Waals surface area contributed by atoms with Gasteiger partial charge in [0.05, 0.1) is 5.97 Å². The average molecular weight is 105 g/mol. The van der Waals surface area contributed by atoms with Crippen LogP contribution in [0.4, 0.5) is 0 Å². The van der Waals surface area contributed by atoms with Gasteiger partial charge in [0, 0.05) is 5.25 Å². The van der Waals surface area contributed by atoms with Crippen molar-refractivity contribution >= 4 is 18.6 Å². The fraction of sp³-hybridized carbons (Fsp3) is 0.667. The lowest BCUT2D eigenvalue weighted by Gasteiger charge is -2.00. The van der Waals surface area contributed by atoms with E-state index in [1.807, 2.05) is 0 Å². The molecule has 1 atom stereocenters. The van der Waals surface area contributed by atoms with E-state index in [4.69, 9.17) is 0 Å². The minimum absolute atomic E-state index is 0.648. The first-order valence-electron chi connectivity index (χ1n) is 1.53. The van der Waals surface area contributed by atoms with Crippen LogP contribution in [-0.2, 0) is 4.79 Å². The van der Waals surface area contributed by atoms with Gasteiger partial charge < -0.3 is 9.90 Å². The van der Waals surface area contributed by atoms with Crippen LogP contribution in [0, 0.1) is 0 Å². The molecule has 3 heteroatoms. The van der Waals surface area contributed by atoms with Gasteiger partial charge in [0.1, 0.15) is 0 Å². The molecule has 0 aromatic rings. The van der Waals surface area contributed by atoms with Crippen molar-refractivity contribution in [1.29, 1.82) is 0 Å². The Labute approximate surface area is 41.6 Å². The third-order valence-corrected chi connectivity index (χ3v) is 0.552. The normalized spacial score (nSPS) is 13.7. The van der Waals surface area contributed by atoms with Crippen LogP contribution in [0.2, 0.25) is 0 Å². The summed E-state index contributed by atoms with van der Waals surface area (Å²) in [6, 6.07) is 0. The number of rotatable bonds is 1. The number of carbonyl (C=O) groups excluding carboxylic acids is 1. The van der Waals surface area contributed by atoms with Crippen molar-refractivity contribution in [3.05, 3.63) is 0 Å². The molecule has 0 aromatic heterocycles. The number of carbonyl (C=O) groups is 1. The molecule has 0 bridgehead atoms. The van der Waals surface area contributed by atoms with Gasteiger partial charge in [-0.1, -0.05) is 0 Å². The molecule has 36 valence electrons. The number of hydrogen-bond donors (Lipinski definition) is 1. The van der Waals surface area contributed by atoms with Crippen molar-refractivity contribution in [1.82, 2.24) is 0 Å². The van der Waals surface area contributed by atoms with Gasteiger partial charge in [-0.2, -0.15) is 12.6 Å². The average Bonchev–Trinajstić information content (AvgIpc) is 1.36. The van der Waals surface area contributed by atoms with Gasteiger partial charge in [0.2, 0.25) is 0 Å². The molecule has 6 heavy (non-hydrogen) atoms. The highest BCUT2D eigenvalue weighted by molar-refractivity contribution is 7.81. The van der Waals surface area contributed by atoms with Gasteiger partial charge >= 0.3 is 0 Å². The summed E-state index contributed by atoms with van der Waals surface area (Å²) in [5, 5.41) is 8.86. The summed E-state index contributed by atoms with van der Waals surface area (Å²) in [6.07, 6.45) is 0. The first-order chi connectivity index (χ1) is 2.64. The molecule has 0 aliphatic rings. The Kier molecular flexibility index (Phi) is 2.01. The molecule has 0 aliphatic heterocycles. The van der Waals surface area contributed by atoms with E-state index >= 15 is 0 Å². The molecule has 0 saturated heterocycles. The molecule has 2 nitrogen and oxygen atoms in total. The summed E-state index contributed by atoms with van der Waals surface area (Å²) < 4.78 is 0. The fourth-order valence-electron chi connectivity index (χ4n) is 0. The molecule has 0 unspecified atom stereocenters. The number of hydrogen-bond acceptors (Lipinski definition) is 3. The molecule has 0 saturated carbocycles. The Bertz CT molecular complexity index is 59.8. The molecule has 0 heterocycles. The molecule has 0 aromatic carbocycles. The van der Waals surface area contributed by atoms with Crippen molar-refractivity contribution < 1.29 is 9.90 Å². The van der Waals surface area contributed by atoms with Crippen molar-refractivity contribution in [2.75, 3.05) is 0 Å². The van der Waals surface area contributed by atoms with Crippen LogP contribution in [-0.4, -0.2) is 11.2 Å². The summed E-state index contributed by atoms with van der Waals surface area (Å²) in [5.41, 5.74) is 0. The smallest absolute Gasteiger partial charge is 0.0539 e. The second-order valence-corrected chi connectivity index (χ2v) is 1.77. The Balaban J connectivity index is 3.26. The van der Waals surface area contributed by atoms with Crippen molar-refractivity contribution in [2.45, 2.75) is 12.2 Å². The molecule has 0 radical (unpaired) electrons. The van der Waals surface area contributed by atoms with Crippen molar-refractivity contribution in [2.24, 2.45) is 0 Å². The molecule has 0 spiro atoms. The number of aliphatic carboxylic acids is 1. The maximum Gasteiger partial charge on any atom is 0.0539 e. The predicted molar refractivity (Wildman–Crippen MR) is 23.5 cm³/mol. The minimum atomic E-state index is -1.13. The maximum atomic E-state index is 9.51. The Morgan fingerprint density at radius 3 is 2.17 bits per heavy atom. The zero-order valence-corrected chi connectivity index (χ0v) is 4.24. The highest BCUT2D eigenvalue weighted by Crippen LogP contribution is 1.85. The van der Waals surface area contributed by atoms with E-state index in [0.29, 0.717) is 0 Å². The van der Waals surface area contributed by atoms with Gasteiger partial charge in [-0.25, -0.2) is 0 Å². The van der Waals surface area contributed by atoms with Crippen molar-refractivity contribution in [3.63, 3.8) is 0 Å². The molecule has 0 rings (SSSR count). The minimum Gasteiger partial charge on any atom is -0.549 e. The van der Waals surface area contributed by atoms with E-state index in [0.717, 1.165) is 0 Å². The van der Waals surface area contributed by atoms with E-state index in [-0.39, 0.29) is 0 Å². The van der Waals surface area contributed by atoms with Crippen LogP contribution in [0.1, 0.15) is 6.92 Å². The maximum absolute atomic E-state index is 9.51. The van der Waals surface area contributed by atoms with E-state index in [9.17, 15) is 9.90 Å². The highest BCUT2D eigenvalue weighted by Gasteiger charge is 1.88. The second kappa shape index (κ2) is 2.08. The van der Waals surface area contributed by atoms with E-state index in [1.54, 1.807) is 0 Å². The lowest BCUT2D eigenvalue weighted by Crippen LogP contribution is -2.29. The third kappa shape index (κ3) is 2.08. The van der Waals surface area contributed by atoms with Crippen LogP contribution >= 0.6 is 12.6 Å². The summed E-state index contributed by atoms with van der Waals surface area (Å²) in [7, 11) is 0. The predicted octanol–water partition coefficient (Wildman–Crippen LogP) is -0.945. The SMILES string of the molecule is C[C@H](S)C(=O)[O-]. The number of carboxylic acid groups (broad SMARTS) is 1. The molecule has 0 fully saturated rings. The third-order valence-electron chi connectivity index (χ3n) is 0.341. The number of thiol groups is 1. The summed E-state index contributed by atoms with van der Waals surface area (Å²) >= 11 is 3.53. The Morgan fingerprint density at radius 2 is 2.17 bits per heavy atom. The summed E-state index contributed by atoms with van der Waals surface area (Å²) in [6.45, 7) is 1.44. The van der Waals surface area contributed by atoms with Crippen LogP contribution in [0.15, 0.2) is 0 Å². The van der Waals surface area contributed by atoms with Gasteiger partial charge in [-0.3, -0.25) is 0 Å². The standard InChI is InChI=1S/C3H6O2S/c1-2(6)3(4)5/h2,6H,1H3,(H,4,5)/p-1/t2-/m0/s1. The molecular formula is C3H5O2S-. The van der Waals surface area contributed by atoms with E-state index < -0.39 is 11.2 Å². The van der Waals surface area contributed by atoms with E-state index in [1.165, 1.54) is 6.92 Å². The van der Waals surface area contributed by atoms with Crippen LogP contribution in [0.25, 0.3) is 0 Å². The first kappa shape index (κ1) is 5.82. The molecule has 0 N–H and O–H groups in total. The lowest BCUT2D eigenvalue weighted by molar-refractivity contribution is -0.304. The molecular weight excluding hydrogens is 100 g/mol. The van der Waals surface area contributed by atoms with Crippen LogP contribution in [0.3, 0.4) is 0 Å². The quantitative estimate of drug-likeness (QED) is 0.437. The van der Waals surface area contributed by atoms with Gasteiger partial charge in [-0.15, -0.1) is 0 Å². The lowest BCUT2D eigenvalue weighted by atomic mass is 10.5. The summed E-state index contributed by atoms with van der Waals surface area (Å²) in [5.74, 6) is -1.13.